The smallest absolute Gasteiger partial charge is 0.312 e. The number of halogens is 2. The van der Waals surface area contributed by atoms with Crippen LogP contribution < -0.4 is 4.74 Å². The molecule has 1 aromatic carbocycles. The third-order valence-electron chi connectivity index (χ3n) is 2.07. The lowest BCUT2D eigenvalue weighted by Gasteiger charge is -2.19. The van der Waals surface area contributed by atoms with Gasteiger partial charge in [0.15, 0.2) is 0 Å². The van der Waals surface area contributed by atoms with Crippen LogP contribution in [0.4, 0.5) is 4.39 Å². The van der Waals surface area contributed by atoms with Crippen LogP contribution in [0.15, 0.2) is 18.2 Å². The SMILES string of the molecule is CC(C)(COc1ccc(Cl)c(F)c1)C(=O)O. The summed E-state index contributed by atoms with van der Waals surface area (Å²) in [5, 5.41) is 8.85. The van der Waals surface area contributed by atoms with E-state index in [-0.39, 0.29) is 17.4 Å². The number of benzene rings is 1. The van der Waals surface area contributed by atoms with Crippen LogP contribution in [0.2, 0.25) is 5.02 Å². The molecule has 0 aliphatic rings. The minimum Gasteiger partial charge on any atom is -0.492 e. The van der Waals surface area contributed by atoms with Gasteiger partial charge in [0.05, 0.1) is 10.4 Å². The Morgan fingerprint density at radius 2 is 2.19 bits per heavy atom. The van der Waals surface area contributed by atoms with Gasteiger partial charge in [-0.05, 0) is 26.0 Å². The molecule has 0 radical (unpaired) electrons. The van der Waals surface area contributed by atoms with E-state index in [1.807, 2.05) is 0 Å². The Morgan fingerprint density at radius 1 is 1.56 bits per heavy atom. The number of carbonyl (C=O) groups is 1. The zero-order valence-corrected chi connectivity index (χ0v) is 9.71. The summed E-state index contributed by atoms with van der Waals surface area (Å²) < 4.78 is 18.2. The van der Waals surface area contributed by atoms with Crippen LogP contribution in [-0.2, 0) is 4.79 Å². The van der Waals surface area contributed by atoms with Crippen molar-refractivity contribution in [1.29, 1.82) is 0 Å². The van der Waals surface area contributed by atoms with Gasteiger partial charge < -0.3 is 9.84 Å². The second-order valence-electron chi connectivity index (χ2n) is 4.05. The molecule has 0 amide bonds. The molecule has 1 rings (SSSR count). The summed E-state index contributed by atoms with van der Waals surface area (Å²) in [5.74, 6) is -1.30. The van der Waals surface area contributed by atoms with E-state index in [9.17, 15) is 9.18 Å². The summed E-state index contributed by atoms with van der Waals surface area (Å²) in [6.45, 7) is 3.02. The number of hydrogen-bond acceptors (Lipinski definition) is 2. The Hall–Kier alpha value is -1.29. The summed E-state index contributed by atoms with van der Waals surface area (Å²) in [5.41, 5.74) is -1.02. The van der Waals surface area contributed by atoms with Gasteiger partial charge in [-0.25, -0.2) is 4.39 Å². The van der Waals surface area contributed by atoms with Crippen LogP contribution in [0.3, 0.4) is 0 Å². The zero-order chi connectivity index (χ0) is 12.3. The fourth-order valence-electron chi connectivity index (χ4n) is 0.892. The van der Waals surface area contributed by atoms with Gasteiger partial charge in [0.2, 0.25) is 0 Å². The van der Waals surface area contributed by atoms with Crippen LogP contribution >= 0.6 is 11.6 Å². The molecule has 0 aromatic heterocycles. The van der Waals surface area contributed by atoms with Gasteiger partial charge in [0, 0.05) is 6.07 Å². The predicted molar refractivity (Wildman–Crippen MR) is 58.3 cm³/mol. The van der Waals surface area contributed by atoms with Crippen LogP contribution in [0.25, 0.3) is 0 Å². The molecular formula is C11H12ClFO3. The predicted octanol–water partition coefficient (Wildman–Crippen LogP) is 2.97. The Balaban J connectivity index is 2.68. The van der Waals surface area contributed by atoms with Crippen LogP contribution in [0.5, 0.6) is 5.75 Å². The highest BCUT2D eigenvalue weighted by Crippen LogP contribution is 2.23. The van der Waals surface area contributed by atoms with Gasteiger partial charge in [0.1, 0.15) is 18.2 Å². The fraction of sp³-hybridized carbons (Fsp3) is 0.364. The molecule has 3 nitrogen and oxygen atoms in total. The first-order chi connectivity index (χ1) is 7.33. The van der Waals surface area contributed by atoms with Crippen molar-refractivity contribution in [3.05, 3.63) is 29.0 Å². The average molecular weight is 247 g/mol. The summed E-state index contributed by atoms with van der Waals surface area (Å²) in [7, 11) is 0. The fourth-order valence-corrected chi connectivity index (χ4v) is 1.01. The average Bonchev–Trinajstić information content (AvgIpc) is 2.20. The van der Waals surface area contributed by atoms with E-state index in [0.29, 0.717) is 0 Å². The number of carboxylic acids is 1. The van der Waals surface area contributed by atoms with Gasteiger partial charge >= 0.3 is 5.97 Å². The van der Waals surface area contributed by atoms with E-state index in [1.54, 1.807) is 0 Å². The molecule has 16 heavy (non-hydrogen) atoms. The van der Waals surface area contributed by atoms with Gasteiger partial charge in [-0.2, -0.15) is 0 Å². The van der Waals surface area contributed by atoms with E-state index in [4.69, 9.17) is 21.4 Å². The molecule has 0 bridgehead atoms. The van der Waals surface area contributed by atoms with Gasteiger partial charge in [0.25, 0.3) is 0 Å². The Kier molecular flexibility index (Phi) is 3.75. The van der Waals surface area contributed by atoms with Gasteiger partial charge in [-0.15, -0.1) is 0 Å². The Morgan fingerprint density at radius 3 is 2.69 bits per heavy atom. The molecule has 5 heteroatoms. The molecular weight excluding hydrogens is 235 g/mol. The largest absolute Gasteiger partial charge is 0.492 e. The molecule has 0 spiro atoms. The van der Waals surface area contributed by atoms with Crippen LogP contribution in [-0.4, -0.2) is 17.7 Å². The molecule has 0 saturated heterocycles. The third kappa shape index (κ3) is 3.10. The van der Waals surface area contributed by atoms with Crippen molar-refractivity contribution < 1.29 is 19.0 Å². The van der Waals surface area contributed by atoms with Gasteiger partial charge in [-0.1, -0.05) is 11.6 Å². The highest BCUT2D eigenvalue weighted by Gasteiger charge is 2.28. The summed E-state index contributed by atoms with van der Waals surface area (Å²) in [6.07, 6.45) is 0. The van der Waals surface area contributed by atoms with Crippen molar-refractivity contribution in [3.8, 4) is 5.75 Å². The van der Waals surface area contributed by atoms with E-state index >= 15 is 0 Å². The van der Waals surface area contributed by atoms with Crippen molar-refractivity contribution in [3.63, 3.8) is 0 Å². The lowest BCUT2D eigenvalue weighted by Crippen LogP contribution is -2.30. The number of ether oxygens (including phenoxy) is 1. The van der Waals surface area contributed by atoms with E-state index < -0.39 is 17.2 Å². The first-order valence-electron chi connectivity index (χ1n) is 4.64. The highest BCUT2D eigenvalue weighted by atomic mass is 35.5. The molecule has 0 heterocycles. The third-order valence-corrected chi connectivity index (χ3v) is 2.38. The maximum absolute atomic E-state index is 13.0. The molecule has 1 aromatic rings. The van der Waals surface area contributed by atoms with Crippen molar-refractivity contribution >= 4 is 17.6 Å². The molecule has 0 aliphatic carbocycles. The molecule has 88 valence electrons. The van der Waals surface area contributed by atoms with Gasteiger partial charge in [-0.3, -0.25) is 4.79 Å². The molecule has 0 aliphatic heterocycles. The van der Waals surface area contributed by atoms with Crippen molar-refractivity contribution in [1.82, 2.24) is 0 Å². The number of hydrogen-bond donors (Lipinski definition) is 1. The molecule has 0 unspecified atom stereocenters. The number of rotatable bonds is 4. The summed E-state index contributed by atoms with van der Waals surface area (Å²) in [4.78, 5) is 10.8. The summed E-state index contributed by atoms with van der Waals surface area (Å²) in [6, 6.07) is 3.98. The monoisotopic (exact) mass is 246 g/mol. The first-order valence-corrected chi connectivity index (χ1v) is 5.02. The molecule has 0 atom stereocenters. The lowest BCUT2D eigenvalue weighted by atomic mass is 9.95. The number of aliphatic carboxylic acids is 1. The minimum absolute atomic E-state index is 0.00449. The van der Waals surface area contributed by atoms with Crippen LogP contribution in [0, 0.1) is 11.2 Å². The second kappa shape index (κ2) is 4.70. The standard InChI is InChI=1S/C11H12ClFO3/c1-11(2,10(14)15)6-16-7-3-4-8(12)9(13)5-7/h3-5H,6H2,1-2H3,(H,14,15). The quantitative estimate of drug-likeness (QED) is 0.888. The molecule has 0 saturated carbocycles. The highest BCUT2D eigenvalue weighted by molar-refractivity contribution is 6.30. The summed E-state index contributed by atoms with van der Waals surface area (Å²) >= 11 is 5.50. The van der Waals surface area contributed by atoms with Crippen molar-refractivity contribution in [2.24, 2.45) is 5.41 Å². The van der Waals surface area contributed by atoms with E-state index in [1.165, 1.54) is 26.0 Å². The normalized spacial score (nSPS) is 11.2. The van der Waals surface area contributed by atoms with Crippen molar-refractivity contribution in [2.75, 3.05) is 6.61 Å². The maximum Gasteiger partial charge on any atom is 0.312 e. The molecule has 0 fully saturated rings. The lowest BCUT2D eigenvalue weighted by molar-refractivity contribution is -0.148. The van der Waals surface area contributed by atoms with Crippen molar-refractivity contribution in [2.45, 2.75) is 13.8 Å². The number of carboxylic acid groups (broad SMARTS) is 1. The topological polar surface area (TPSA) is 46.5 Å². The Labute approximate surface area is 97.8 Å². The second-order valence-corrected chi connectivity index (χ2v) is 4.46. The maximum atomic E-state index is 13.0. The molecule has 1 N–H and O–H groups in total. The van der Waals surface area contributed by atoms with E-state index in [0.717, 1.165) is 6.07 Å². The van der Waals surface area contributed by atoms with Crippen LogP contribution in [0.1, 0.15) is 13.8 Å². The first kappa shape index (κ1) is 12.8. The zero-order valence-electron chi connectivity index (χ0n) is 8.96. The van der Waals surface area contributed by atoms with E-state index in [2.05, 4.69) is 0 Å². The minimum atomic E-state index is -1.02. The Bertz CT molecular complexity index is 404.